The summed E-state index contributed by atoms with van der Waals surface area (Å²) in [5.41, 5.74) is 10.6. The van der Waals surface area contributed by atoms with Gasteiger partial charge in [0.15, 0.2) is 0 Å². The molecule has 0 saturated heterocycles. The van der Waals surface area contributed by atoms with Crippen molar-refractivity contribution in [3.8, 4) is 0 Å². The molecule has 0 fully saturated rings. The second-order valence-corrected chi connectivity index (χ2v) is 7.35. The first-order chi connectivity index (χ1) is 13.2. The van der Waals surface area contributed by atoms with Gasteiger partial charge in [-0.05, 0) is 81.0 Å². The number of rotatable bonds is 5. The van der Waals surface area contributed by atoms with E-state index in [-0.39, 0.29) is 0 Å². The Morgan fingerprint density at radius 2 is 1.36 bits per heavy atom. The predicted octanol–water partition coefficient (Wildman–Crippen LogP) is 8.67. The minimum absolute atomic E-state index is 1.05. The summed E-state index contributed by atoms with van der Waals surface area (Å²) in [6.07, 6.45) is 4.00. The summed E-state index contributed by atoms with van der Waals surface area (Å²) < 4.78 is 0. The number of aryl methyl sites for hydroxylation is 1. The standard InChI is InChI=1S/C25H28.C3H6/c1-17(2)23-9-8-10-24(16-23)21(7)25(18(3)4)15-20(6)22-13-11-19(5)12-14-22;1-3-2/h8-16H,1,7H2,2-6H3;3H,1H2,2H3/b20-15+;. The Morgan fingerprint density at radius 3 is 1.86 bits per heavy atom. The zero-order chi connectivity index (χ0) is 21.3. The Labute approximate surface area is 172 Å². The van der Waals surface area contributed by atoms with Crippen LogP contribution in [0.2, 0.25) is 0 Å². The first-order valence-electron chi connectivity index (χ1n) is 9.66. The summed E-state index contributed by atoms with van der Waals surface area (Å²) in [4.78, 5) is 0. The highest BCUT2D eigenvalue weighted by molar-refractivity contribution is 5.85. The van der Waals surface area contributed by atoms with E-state index in [1.54, 1.807) is 6.08 Å². The smallest absolute Gasteiger partial charge is 0.0178 e. The molecule has 0 aliphatic rings. The van der Waals surface area contributed by atoms with Crippen LogP contribution in [0.3, 0.4) is 0 Å². The van der Waals surface area contributed by atoms with Gasteiger partial charge in [-0.15, -0.1) is 6.58 Å². The van der Waals surface area contributed by atoms with Gasteiger partial charge in [0, 0.05) is 0 Å². The van der Waals surface area contributed by atoms with E-state index < -0.39 is 0 Å². The highest BCUT2D eigenvalue weighted by Crippen LogP contribution is 2.29. The molecule has 0 amide bonds. The minimum atomic E-state index is 1.05. The van der Waals surface area contributed by atoms with Gasteiger partial charge >= 0.3 is 0 Å². The van der Waals surface area contributed by atoms with Crippen LogP contribution in [0.15, 0.2) is 91.6 Å². The molecule has 2 rings (SSSR count). The molecular weight excluding hydrogens is 336 g/mol. The fourth-order valence-corrected chi connectivity index (χ4v) is 2.78. The Kier molecular flexibility index (Phi) is 9.18. The Bertz CT molecular complexity index is 895. The molecule has 0 heterocycles. The van der Waals surface area contributed by atoms with Crippen molar-refractivity contribution in [2.75, 3.05) is 0 Å². The van der Waals surface area contributed by atoms with Crippen molar-refractivity contribution in [1.82, 2.24) is 0 Å². The molecule has 146 valence electrons. The van der Waals surface area contributed by atoms with Crippen molar-refractivity contribution in [3.05, 3.63) is 114 Å². The van der Waals surface area contributed by atoms with Crippen LogP contribution in [0.4, 0.5) is 0 Å². The maximum atomic E-state index is 4.38. The van der Waals surface area contributed by atoms with Gasteiger partial charge in [-0.3, -0.25) is 0 Å². The zero-order valence-corrected chi connectivity index (χ0v) is 18.4. The third-order valence-electron chi connectivity index (χ3n) is 4.44. The lowest BCUT2D eigenvalue weighted by molar-refractivity contribution is 1.34. The van der Waals surface area contributed by atoms with Crippen molar-refractivity contribution < 1.29 is 0 Å². The first-order valence-corrected chi connectivity index (χ1v) is 9.66. The topological polar surface area (TPSA) is 0 Å². The lowest BCUT2D eigenvalue weighted by atomic mass is 9.91. The van der Waals surface area contributed by atoms with E-state index in [1.807, 2.05) is 13.8 Å². The molecule has 0 nitrogen and oxygen atoms in total. The van der Waals surface area contributed by atoms with Gasteiger partial charge < -0.3 is 0 Å². The second-order valence-electron chi connectivity index (χ2n) is 7.35. The summed E-state index contributed by atoms with van der Waals surface area (Å²) in [5.74, 6) is 0. The predicted molar refractivity (Wildman–Crippen MR) is 129 cm³/mol. The maximum absolute atomic E-state index is 4.38. The van der Waals surface area contributed by atoms with Gasteiger partial charge in [0.05, 0.1) is 0 Å². The van der Waals surface area contributed by atoms with Crippen molar-refractivity contribution in [2.24, 2.45) is 0 Å². The zero-order valence-electron chi connectivity index (χ0n) is 18.4. The normalized spacial score (nSPS) is 10.4. The van der Waals surface area contributed by atoms with Crippen LogP contribution in [0.1, 0.15) is 56.9 Å². The lowest BCUT2D eigenvalue weighted by Crippen LogP contribution is -1.92. The maximum Gasteiger partial charge on any atom is -0.0178 e. The molecule has 0 radical (unpaired) electrons. The summed E-state index contributed by atoms with van der Waals surface area (Å²) in [7, 11) is 0. The summed E-state index contributed by atoms with van der Waals surface area (Å²) in [5, 5.41) is 0. The fraction of sp³-hybridized carbons (Fsp3) is 0.214. The van der Waals surface area contributed by atoms with Crippen molar-refractivity contribution >= 4 is 16.7 Å². The molecular formula is C28H34. The van der Waals surface area contributed by atoms with Gasteiger partial charge in [0.2, 0.25) is 0 Å². The molecule has 0 aliphatic carbocycles. The molecule has 0 N–H and O–H groups in total. The number of allylic oxidation sites excluding steroid dienone is 7. The molecule has 0 atom stereocenters. The average Bonchev–Trinajstić information content (AvgIpc) is 2.66. The second kappa shape index (κ2) is 11.1. The molecule has 0 spiro atoms. The summed E-state index contributed by atoms with van der Waals surface area (Å²) >= 11 is 0. The van der Waals surface area contributed by atoms with Gasteiger partial charge in [-0.1, -0.05) is 84.5 Å². The molecule has 2 aromatic carbocycles. The summed E-state index contributed by atoms with van der Waals surface area (Å²) in [6.45, 7) is 24.3. The van der Waals surface area contributed by atoms with E-state index in [4.69, 9.17) is 0 Å². The molecule has 0 bridgehead atoms. The minimum Gasteiger partial charge on any atom is -0.103 e. The molecule has 28 heavy (non-hydrogen) atoms. The molecule has 0 aromatic heterocycles. The van der Waals surface area contributed by atoms with Crippen LogP contribution in [-0.4, -0.2) is 0 Å². The van der Waals surface area contributed by atoms with Crippen LogP contribution in [0, 0.1) is 6.92 Å². The summed E-state index contributed by atoms with van der Waals surface area (Å²) in [6, 6.07) is 17.1. The number of hydrogen-bond acceptors (Lipinski definition) is 0. The number of benzene rings is 2. The van der Waals surface area contributed by atoms with Gasteiger partial charge in [-0.2, -0.15) is 0 Å². The quantitative estimate of drug-likeness (QED) is 0.365. The SMILES string of the molecule is C=C(C)c1cccc(C(=C)C(/C=C(\C)c2ccc(C)cc2)=C(C)C)c1.C=CC. The molecule has 0 unspecified atom stereocenters. The van der Waals surface area contributed by atoms with E-state index in [0.717, 1.165) is 22.3 Å². The third-order valence-corrected chi connectivity index (χ3v) is 4.44. The van der Waals surface area contributed by atoms with Gasteiger partial charge in [0.25, 0.3) is 0 Å². The largest absolute Gasteiger partial charge is 0.103 e. The first kappa shape index (κ1) is 23.2. The van der Waals surface area contributed by atoms with Gasteiger partial charge in [-0.25, -0.2) is 0 Å². The van der Waals surface area contributed by atoms with Crippen LogP contribution in [-0.2, 0) is 0 Å². The van der Waals surface area contributed by atoms with Crippen molar-refractivity contribution in [3.63, 3.8) is 0 Å². The Hall–Kier alpha value is -2.86. The Balaban J connectivity index is 0.00000122. The van der Waals surface area contributed by atoms with E-state index in [9.17, 15) is 0 Å². The van der Waals surface area contributed by atoms with Crippen molar-refractivity contribution in [2.45, 2.75) is 41.5 Å². The highest BCUT2D eigenvalue weighted by Gasteiger charge is 2.08. The van der Waals surface area contributed by atoms with Crippen molar-refractivity contribution in [1.29, 1.82) is 0 Å². The lowest BCUT2D eigenvalue weighted by Gasteiger charge is -2.13. The molecule has 0 aliphatic heterocycles. The molecule has 0 saturated carbocycles. The van der Waals surface area contributed by atoms with E-state index in [0.29, 0.717) is 0 Å². The van der Waals surface area contributed by atoms with Gasteiger partial charge in [0.1, 0.15) is 0 Å². The van der Waals surface area contributed by atoms with Crippen LogP contribution >= 0.6 is 0 Å². The van der Waals surface area contributed by atoms with Crippen LogP contribution in [0.25, 0.3) is 16.7 Å². The third kappa shape index (κ3) is 6.70. The van der Waals surface area contributed by atoms with E-state index in [1.165, 1.54) is 27.8 Å². The van der Waals surface area contributed by atoms with E-state index >= 15 is 0 Å². The highest BCUT2D eigenvalue weighted by atomic mass is 14.1. The monoisotopic (exact) mass is 370 g/mol. The van der Waals surface area contributed by atoms with E-state index in [2.05, 4.69) is 102 Å². The molecule has 0 heteroatoms. The average molecular weight is 371 g/mol. The Morgan fingerprint density at radius 1 is 0.821 bits per heavy atom. The number of hydrogen-bond donors (Lipinski definition) is 0. The van der Waals surface area contributed by atoms with Crippen LogP contribution in [0.5, 0.6) is 0 Å². The molecule has 2 aromatic rings. The van der Waals surface area contributed by atoms with Crippen LogP contribution < -0.4 is 0 Å². The fourth-order valence-electron chi connectivity index (χ4n) is 2.78.